The first-order valence-corrected chi connectivity index (χ1v) is 8.76. The fourth-order valence-electron chi connectivity index (χ4n) is 3.15. The van der Waals surface area contributed by atoms with Crippen molar-refractivity contribution in [3.05, 3.63) is 29.8 Å². The minimum atomic E-state index is -1.25. The Bertz CT molecular complexity index is 780. The fourth-order valence-corrected chi connectivity index (χ4v) is 3.15. The number of para-hydroxylation sites is 1. The molecule has 1 aromatic rings. The van der Waals surface area contributed by atoms with Crippen molar-refractivity contribution in [2.24, 2.45) is 0 Å². The zero-order chi connectivity index (χ0) is 19.4. The molecule has 2 heterocycles. The van der Waals surface area contributed by atoms with Crippen LogP contribution < -0.4 is 15.4 Å². The number of ether oxygens (including phenoxy) is 2. The third-order valence-electron chi connectivity index (χ3n) is 4.48. The van der Waals surface area contributed by atoms with E-state index in [0.717, 1.165) is 11.3 Å². The maximum atomic E-state index is 13.0. The van der Waals surface area contributed by atoms with Crippen molar-refractivity contribution in [2.45, 2.75) is 25.3 Å². The molecule has 4 amide bonds. The largest absolute Gasteiger partial charge is 0.493 e. The summed E-state index contributed by atoms with van der Waals surface area (Å²) in [5.41, 5.74) is -0.686. The Balaban J connectivity index is 1.67. The van der Waals surface area contributed by atoms with Gasteiger partial charge in [0, 0.05) is 18.5 Å². The summed E-state index contributed by atoms with van der Waals surface area (Å²) in [6.07, 6.45) is 1.02. The van der Waals surface area contributed by atoms with Gasteiger partial charge in [-0.1, -0.05) is 25.1 Å². The summed E-state index contributed by atoms with van der Waals surface area (Å²) < 4.78 is 10.4. The van der Waals surface area contributed by atoms with Crippen LogP contribution in [0, 0.1) is 0 Å². The topological polar surface area (TPSA) is 114 Å². The molecule has 1 saturated heterocycles. The first-order valence-electron chi connectivity index (χ1n) is 8.76. The minimum absolute atomic E-state index is 0.263. The molecule has 144 valence electrons. The molecule has 1 atom stereocenters. The lowest BCUT2D eigenvalue weighted by Crippen LogP contribution is -2.47. The second-order valence-electron chi connectivity index (χ2n) is 6.33. The highest BCUT2D eigenvalue weighted by Crippen LogP contribution is 2.40. The molecule has 9 heteroatoms. The number of urea groups is 1. The molecule has 1 spiro atoms. The van der Waals surface area contributed by atoms with E-state index in [0.29, 0.717) is 17.9 Å². The molecule has 1 fully saturated rings. The van der Waals surface area contributed by atoms with Gasteiger partial charge in [-0.05, 0) is 12.5 Å². The molecule has 0 aliphatic carbocycles. The molecule has 0 unspecified atom stereocenters. The van der Waals surface area contributed by atoms with Crippen molar-refractivity contribution in [3.63, 3.8) is 0 Å². The van der Waals surface area contributed by atoms with Crippen molar-refractivity contribution in [1.82, 2.24) is 15.5 Å². The maximum absolute atomic E-state index is 13.0. The quantitative estimate of drug-likeness (QED) is 0.546. The molecule has 2 N–H and O–H groups in total. The molecule has 0 radical (unpaired) electrons. The lowest BCUT2D eigenvalue weighted by Gasteiger charge is -2.33. The van der Waals surface area contributed by atoms with E-state index in [9.17, 15) is 19.2 Å². The van der Waals surface area contributed by atoms with Gasteiger partial charge < -0.3 is 20.1 Å². The molecule has 27 heavy (non-hydrogen) atoms. The van der Waals surface area contributed by atoms with E-state index < -0.39 is 42.5 Å². The number of nitrogens with one attached hydrogen (secondary N) is 2. The summed E-state index contributed by atoms with van der Waals surface area (Å²) in [6.45, 7) is 1.63. The summed E-state index contributed by atoms with van der Waals surface area (Å²) in [6, 6.07) is 6.29. The molecule has 1 aromatic carbocycles. The van der Waals surface area contributed by atoms with Crippen molar-refractivity contribution in [1.29, 1.82) is 0 Å². The second kappa shape index (κ2) is 7.65. The van der Waals surface area contributed by atoms with E-state index in [1.54, 1.807) is 24.3 Å². The van der Waals surface area contributed by atoms with Gasteiger partial charge in [0.1, 0.15) is 12.3 Å². The first kappa shape index (κ1) is 18.7. The van der Waals surface area contributed by atoms with Gasteiger partial charge in [0.2, 0.25) is 0 Å². The van der Waals surface area contributed by atoms with Crippen LogP contribution in [0.15, 0.2) is 24.3 Å². The second-order valence-corrected chi connectivity index (χ2v) is 6.33. The SMILES string of the molecule is CCCNC(=O)COC(=O)CN1C(=O)N[C@]2(CCOc3ccccc32)C1=O. The third kappa shape index (κ3) is 3.57. The van der Waals surface area contributed by atoms with Crippen LogP contribution in [0.3, 0.4) is 0 Å². The Morgan fingerprint density at radius 3 is 2.89 bits per heavy atom. The Morgan fingerprint density at radius 2 is 2.11 bits per heavy atom. The summed E-state index contributed by atoms with van der Waals surface area (Å²) in [5, 5.41) is 5.26. The molecule has 0 aromatic heterocycles. The van der Waals surface area contributed by atoms with Crippen LogP contribution in [0.1, 0.15) is 25.3 Å². The number of benzene rings is 1. The highest BCUT2D eigenvalue weighted by molar-refractivity contribution is 6.09. The molecule has 2 aliphatic rings. The number of hydrogen-bond acceptors (Lipinski definition) is 6. The van der Waals surface area contributed by atoms with Crippen LogP contribution in [-0.4, -0.2) is 55.0 Å². The summed E-state index contributed by atoms with van der Waals surface area (Å²) in [7, 11) is 0. The zero-order valence-corrected chi connectivity index (χ0v) is 14.9. The van der Waals surface area contributed by atoms with E-state index in [-0.39, 0.29) is 13.0 Å². The van der Waals surface area contributed by atoms with Crippen molar-refractivity contribution >= 4 is 23.8 Å². The van der Waals surface area contributed by atoms with E-state index in [4.69, 9.17) is 9.47 Å². The van der Waals surface area contributed by atoms with Crippen molar-refractivity contribution < 1.29 is 28.7 Å². The summed E-state index contributed by atoms with van der Waals surface area (Å²) in [4.78, 5) is 49.6. The van der Waals surface area contributed by atoms with Crippen molar-refractivity contribution in [3.8, 4) is 5.75 Å². The number of nitrogens with zero attached hydrogens (tertiary/aromatic N) is 1. The number of imide groups is 1. The number of hydrogen-bond donors (Lipinski definition) is 2. The van der Waals surface area contributed by atoms with E-state index in [1.165, 1.54) is 0 Å². The number of amides is 4. The lowest BCUT2D eigenvalue weighted by molar-refractivity contribution is -0.151. The Morgan fingerprint density at radius 1 is 1.33 bits per heavy atom. The number of carbonyl (C=O) groups is 4. The number of esters is 1. The van der Waals surface area contributed by atoms with Gasteiger partial charge in [0.15, 0.2) is 12.1 Å². The van der Waals surface area contributed by atoms with Crippen LogP contribution in [0.5, 0.6) is 5.75 Å². The number of rotatable bonds is 6. The van der Waals surface area contributed by atoms with Crippen LogP contribution in [0.4, 0.5) is 4.79 Å². The summed E-state index contributed by atoms with van der Waals surface area (Å²) in [5.74, 6) is -1.27. The van der Waals surface area contributed by atoms with Gasteiger partial charge >= 0.3 is 12.0 Å². The highest BCUT2D eigenvalue weighted by Gasteiger charge is 2.55. The zero-order valence-electron chi connectivity index (χ0n) is 14.9. The predicted octanol–water partition coefficient (Wildman–Crippen LogP) is 0.286. The fraction of sp³-hybridized carbons (Fsp3) is 0.444. The Hall–Kier alpha value is -3.10. The third-order valence-corrected chi connectivity index (χ3v) is 4.48. The smallest absolute Gasteiger partial charge is 0.326 e. The van der Waals surface area contributed by atoms with Gasteiger partial charge in [-0.2, -0.15) is 0 Å². The van der Waals surface area contributed by atoms with E-state index >= 15 is 0 Å². The summed E-state index contributed by atoms with van der Waals surface area (Å²) >= 11 is 0. The Kier molecular flexibility index (Phi) is 5.29. The minimum Gasteiger partial charge on any atom is -0.493 e. The van der Waals surface area contributed by atoms with Gasteiger partial charge in [-0.15, -0.1) is 0 Å². The van der Waals surface area contributed by atoms with E-state index in [2.05, 4.69) is 10.6 Å². The molecular formula is C18H21N3O6. The van der Waals surface area contributed by atoms with Gasteiger partial charge in [0.05, 0.1) is 6.61 Å². The van der Waals surface area contributed by atoms with Crippen molar-refractivity contribution in [2.75, 3.05) is 26.3 Å². The normalized spacial score (nSPS) is 20.7. The molecule has 0 bridgehead atoms. The number of fused-ring (bicyclic) bond motifs is 2. The predicted molar refractivity (Wildman–Crippen MR) is 92.7 cm³/mol. The molecular weight excluding hydrogens is 354 g/mol. The lowest BCUT2D eigenvalue weighted by atomic mass is 9.84. The Labute approximate surface area is 156 Å². The van der Waals surface area contributed by atoms with Gasteiger partial charge in [0.25, 0.3) is 11.8 Å². The van der Waals surface area contributed by atoms with Crippen LogP contribution in [0.2, 0.25) is 0 Å². The standard InChI is InChI=1S/C18H21N3O6/c1-2-8-19-14(22)11-27-15(23)10-21-16(24)18(20-17(21)25)7-9-26-13-6-4-3-5-12(13)18/h3-6H,2,7-11H2,1H3,(H,19,22)(H,20,25)/t18-/m0/s1. The molecule has 0 saturated carbocycles. The highest BCUT2D eigenvalue weighted by atomic mass is 16.5. The number of carbonyl (C=O) groups excluding carboxylic acids is 4. The van der Waals surface area contributed by atoms with E-state index in [1.807, 2.05) is 6.92 Å². The van der Waals surface area contributed by atoms with Gasteiger partial charge in [-0.3, -0.25) is 19.3 Å². The first-order chi connectivity index (χ1) is 13.0. The molecule has 9 nitrogen and oxygen atoms in total. The maximum Gasteiger partial charge on any atom is 0.326 e. The van der Waals surface area contributed by atoms with Crippen LogP contribution >= 0.6 is 0 Å². The van der Waals surface area contributed by atoms with Gasteiger partial charge in [-0.25, -0.2) is 4.79 Å². The monoisotopic (exact) mass is 375 g/mol. The van der Waals surface area contributed by atoms with Crippen LogP contribution in [0.25, 0.3) is 0 Å². The molecule has 2 aliphatic heterocycles. The van der Waals surface area contributed by atoms with Crippen LogP contribution in [-0.2, 0) is 24.7 Å². The average molecular weight is 375 g/mol. The average Bonchev–Trinajstić information content (AvgIpc) is 2.90. The molecule has 3 rings (SSSR count).